The number of carboxylic acid groups (broad SMARTS) is 1. The van der Waals surface area contributed by atoms with Crippen molar-refractivity contribution in [2.24, 2.45) is 10.1 Å². The van der Waals surface area contributed by atoms with Gasteiger partial charge in [0.2, 0.25) is 0 Å². The number of oxime groups is 1. The standard InChI is InChI=1S/C17H19N5O6S2/c1-28-21-10(9-7-30-17(18)19-9)13(24)20-11-14(25)22-12(16(26)27)8(4-2-3-5-23)6-29-15(11)22/h2-3,7,11,15,23H,4-6H2,1H3,(H2,18,19)(H,20,24)(H,26,27)/p-1/b3-2+,21-10+/t11-,15-/m1/s1. The van der Waals surface area contributed by atoms with Crippen molar-refractivity contribution >= 4 is 51.7 Å². The van der Waals surface area contributed by atoms with Gasteiger partial charge in [0.05, 0.1) is 6.61 Å². The van der Waals surface area contributed by atoms with Gasteiger partial charge in [-0.3, -0.25) is 14.7 Å². The zero-order chi connectivity index (χ0) is 21.8. The highest BCUT2D eigenvalue weighted by Gasteiger charge is 2.53. The number of thioether (sulfide) groups is 1. The molecule has 2 aliphatic heterocycles. The molecule has 0 spiro atoms. The lowest BCUT2D eigenvalue weighted by Gasteiger charge is -2.48. The molecule has 11 nitrogen and oxygen atoms in total. The van der Waals surface area contributed by atoms with Crippen LogP contribution in [0, 0.1) is 0 Å². The summed E-state index contributed by atoms with van der Waals surface area (Å²) in [6.45, 7) is -0.160. The van der Waals surface area contributed by atoms with Gasteiger partial charge in [0, 0.05) is 17.0 Å². The third kappa shape index (κ3) is 4.17. The van der Waals surface area contributed by atoms with E-state index in [1.165, 1.54) is 30.3 Å². The van der Waals surface area contributed by atoms with Crippen molar-refractivity contribution < 1.29 is 29.7 Å². The maximum Gasteiger partial charge on any atom is 0.352 e. The molecule has 1 aromatic heterocycles. The Balaban J connectivity index is 1.86. The van der Waals surface area contributed by atoms with Gasteiger partial charge in [-0.25, -0.2) is 9.78 Å². The quantitative estimate of drug-likeness (QED) is 0.153. The summed E-state index contributed by atoms with van der Waals surface area (Å²) in [5.74, 6) is -2.27. The molecule has 30 heavy (non-hydrogen) atoms. The second-order valence-electron chi connectivity index (χ2n) is 6.10. The highest BCUT2D eigenvalue weighted by atomic mass is 32.2. The van der Waals surface area contributed by atoms with Crippen LogP contribution in [-0.2, 0) is 14.4 Å². The van der Waals surface area contributed by atoms with Crippen molar-refractivity contribution in [2.75, 3.05) is 25.2 Å². The van der Waals surface area contributed by atoms with Crippen LogP contribution in [0.4, 0.5) is 5.13 Å². The molecule has 0 aliphatic carbocycles. The number of aliphatic carboxylic acids is 1. The van der Waals surface area contributed by atoms with Crippen LogP contribution in [0.2, 0.25) is 0 Å². The average molecular weight is 452 g/mol. The molecule has 2 aliphatic rings. The number of β-lactam (4-membered cyclic amide) rings is 1. The van der Waals surface area contributed by atoms with Gasteiger partial charge >= 0.3 is 5.97 Å². The lowest BCUT2D eigenvalue weighted by Crippen LogP contribution is -2.64. The van der Waals surface area contributed by atoms with E-state index in [9.17, 15) is 19.8 Å². The molecule has 3 rings (SSSR count). The molecular weight excluding hydrogens is 434 g/mol. The topological polar surface area (TPSA) is 174 Å². The second-order valence-corrected chi connectivity index (χ2v) is 8.09. The Bertz CT molecular complexity index is 970. The number of fused-ring (bicyclic) bond motifs is 1. The van der Waals surface area contributed by atoms with Crippen LogP contribution in [0.15, 0.2) is 39.0 Å². The molecule has 0 radical (unpaired) electrons. The first-order valence-corrected chi connectivity index (χ1v) is 10.5. The summed E-state index contributed by atoms with van der Waals surface area (Å²) in [6.07, 6.45) is 3.43. The maximum atomic E-state index is 12.6. The van der Waals surface area contributed by atoms with Crippen LogP contribution in [0.25, 0.3) is 0 Å². The minimum absolute atomic E-state index is 0.108. The van der Waals surface area contributed by atoms with Crippen molar-refractivity contribution in [1.29, 1.82) is 0 Å². The van der Waals surface area contributed by atoms with Gasteiger partial charge in [0.25, 0.3) is 5.91 Å². The summed E-state index contributed by atoms with van der Waals surface area (Å²) in [6, 6.07) is -1.04. The van der Waals surface area contributed by atoms with Crippen LogP contribution >= 0.6 is 23.1 Å². The molecule has 0 saturated carbocycles. The van der Waals surface area contributed by atoms with E-state index in [0.29, 0.717) is 17.7 Å². The van der Waals surface area contributed by atoms with Gasteiger partial charge in [-0.05, 0) is 12.0 Å². The molecule has 0 aromatic carbocycles. The number of hydrogen-bond donors (Lipinski definition) is 3. The molecule has 2 atom stereocenters. The zero-order valence-corrected chi connectivity index (χ0v) is 17.4. The Morgan fingerprint density at radius 2 is 2.30 bits per heavy atom. The molecular formula is C17H18N5O6S2-. The number of carboxylic acids is 1. The molecule has 3 heterocycles. The van der Waals surface area contributed by atoms with E-state index in [1.54, 1.807) is 6.08 Å². The third-order valence-electron chi connectivity index (χ3n) is 4.26. The van der Waals surface area contributed by atoms with E-state index >= 15 is 0 Å². The number of aliphatic hydroxyl groups excluding tert-OH is 1. The fourth-order valence-corrected chi connectivity index (χ4v) is 4.87. The number of aromatic nitrogens is 1. The van der Waals surface area contributed by atoms with E-state index < -0.39 is 29.2 Å². The molecule has 160 valence electrons. The first-order valence-electron chi connectivity index (χ1n) is 8.62. The van der Waals surface area contributed by atoms with Gasteiger partial charge < -0.3 is 25.9 Å². The summed E-state index contributed by atoms with van der Waals surface area (Å²) >= 11 is 2.43. The Kier molecular flexibility index (Phi) is 6.74. The maximum absolute atomic E-state index is 12.6. The van der Waals surface area contributed by atoms with Crippen LogP contribution in [0.1, 0.15) is 12.1 Å². The molecule has 1 aromatic rings. The first kappa shape index (κ1) is 21.8. The highest BCUT2D eigenvalue weighted by molar-refractivity contribution is 8.00. The van der Waals surface area contributed by atoms with Gasteiger partial charge in [0.1, 0.15) is 29.6 Å². The predicted octanol–water partition coefficient (Wildman–Crippen LogP) is -0.604. The SMILES string of the molecule is CO/N=C(/C([O-])=N[C@@H]1C(=O)N2C(C(=O)O)=C(C/C=C/CO)CS[C@H]12)c1csc(N)n1. The number of rotatable bonds is 8. The number of hydrogen-bond acceptors (Lipinski definition) is 11. The van der Waals surface area contributed by atoms with Gasteiger partial charge in [-0.2, -0.15) is 0 Å². The minimum Gasteiger partial charge on any atom is -0.857 e. The molecule has 0 bridgehead atoms. The number of aliphatic hydroxyl groups is 1. The van der Waals surface area contributed by atoms with Crippen LogP contribution < -0.4 is 10.8 Å². The number of aliphatic imine (C=N–C) groups is 1. The largest absolute Gasteiger partial charge is 0.857 e. The van der Waals surface area contributed by atoms with Crippen LogP contribution in [-0.4, -0.2) is 74.5 Å². The Hall–Kier alpha value is -2.90. The number of nitrogens with zero attached hydrogens (tertiary/aromatic N) is 4. The molecule has 13 heteroatoms. The smallest absolute Gasteiger partial charge is 0.352 e. The number of anilines is 1. The number of amides is 1. The predicted molar refractivity (Wildman–Crippen MR) is 110 cm³/mol. The van der Waals surface area contributed by atoms with Crippen LogP contribution in [0.3, 0.4) is 0 Å². The van der Waals surface area contributed by atoms with E-state index in [0.717, 1.165) is 16.2 Å². The average Bonchev–Trinajstić information content (AvgIpc) is 3.15. The molecule has 1 saturated heterocycles. The van der Waals surface area contributed by atoms with E-state index in [1.807, 2.05) is 0 Å². The van der Waals surface area contributed by atoms with Crippen molar-refractivity contribution in [1.82, 2.24) is 9.88 Å². The van der Waals surface area contributed by atoms with E-state index in [2.05, 4.69) is 20.0 Å². The number of allylic oxidation sites excluding steroid dienone is 1. The monoisotopic (exact) mass is 452 g/mol. The molecule has 4 N–H and O–H groups in total. The molecule has 1 amide bonds. The summed E-state index contributed by atoms with van der Waals surface area (Å²) < 4.78 is 0. The summed E-state index contributed by atoms with van der Waals surface area (Å²) in [5, 5.41) is 35.8. The Morgan fingerprint density at radius 1 is 1.53 bits per heavy atom. The second kappa shape index (κ2) is 9.28. The van der Waals surface area contributed by atoms with Crippen molar-refractivity contribution in [2.45, 2.75) is 17.8 Å². The first-order chi connectivity index (χ1) is 14.4. The van der Waals surface area contributed by atoms with Gasteiger partial charge in [-0.1, -0.05) is 17.3 Å². The summed E-state index contributed by atoms with van der Waals surface area (Å²) in [7, 11) is 1.26. The number of nitrogens with two attached hydrogens (primary N) is 1. The fraction of sp³-hybridized carbons (Fsp3) is 0.353. The Morgan fingerprint density at radius 3 is 2.90 bits per heavy atom. The number of thiazole rings is 1. The summed E-state index contributed by atoms with van der Waals surface area (Å²) in [4.78, 5) is 38.2. The van der Waals surface area contributed by atoms with E-state index in [-0.39, 0.29) is 28.8 Å². The Labute approximate surface area is 179 Å². The van der Waals surface area contributed by atoms with E-state index in [4.69, 9.17) is 10.8 Å². The molecule has 1 fully saturated rings. The zero-order valence-electron chi connectivity index (χ0n) is 15.7. The van der Waals surface area contributed by atoms with Crippen LogP contribution in [0.5, 0.6) is 0 Å². The fourth-order valence-electron chi connectivity index (χ4n) is 2.98. The van der Waals surface area contributed by atoms with Crippen molar-refractivity contribution in [3.63, 3.8) is 0 Å². The number of carbonyl (C=O) groups is 2. The summed E-state index contributed by atoms with van der Waals surface area (Å²) in [5.41, 5.74) is 6.01. The van der Waals surface area contributed by atoms with Crippen molar-refractivity contribution in [3.8, 4) is 0 Å². The highest BCUT2D eigenvalue weighted by Crippen LogP contribution is 2.42. The normalized spacial score (nSPS) is 22.3. The van der Waals surface area contributed by atoms with Gasteiger partial charge in [0.15, 0.2) is 11.2 Å². The van der Waals surface area contributed by atoms with Gasteiger partial charge in [-0.15, -0.1) is 23.1 Å². The minimum atomic E-state index is -1.23. The number of nitrogen functional groups attached to an aromatic ring is 1. The third-order valence-corrected chi connectivity index (χ3v) is 6.26. The number of carbonyl (C=O) groups excluding carboxylic acids is 1. The lowest BCUT2D eigenvalue weighted by atomic mass is 10.0. The molecule has 0 unspecified atom stereocenters. The lowest BCUT2D eigenvalue weighted by molar-refractivity contribution is -0.210. The van der Waals surface area contributed by atoms with Crippen molar-refractivity contribution in [3.05, 3.63) is 34.5 Å².